The number of hydrogen-bond donors (Lipinski definition) is 0. The summed E-state index contributed by atoms with van der Waals surface area (Å²) in [6.45, 7) is 5.25. The molecule has 1 atom stereocenters. The minimum absolute atomic E-state index is 0.0276. The van der Waals surface area contributed by atoms with Crippen LogP contribution in [0.3, 0.4) is 0 Å². The molecule has 6 nitrogen and oxygen atoms in total. The van der Waals surface area contributed by atoms with Gasteiger partial charge in [0.1, 0.15) is 11.0 Å². The summed E-state index contributed by atoms with van der Waals surface area (Å²) >= 11 is 1.27. The number of thiazole rings is 1. The topological polar surface area (TPSA) is 82.3 Å². The van der Waals surface area contributed by atoms with E-state index < -0.39 is 17.0 Å². The van der Waals surface area contributed by atoms with E-state index in [1.807, 2.05) is 6.92 Å². The van der Waals surface area contributed by atoms with E-state index in [2.05, 4.69) is 4.98 Å². The monoisotopic (exact) mass is 306 g/mol. The van der Waals surface area contributed by atoms with Crippen LogP contribution in [0.25, 0.3) is 0 Å². The molecule has 0 N–H and O–H groups in total. The number of nitro benzene ring substituents is 1. The highest BCUT2D eigenvalue weighted by atomic mass is 32.1. The van der Waals surface area contributed by atoms with E-state index in [-0.39, 0.29) is 5.69 Å². The number of nitro groups is 1. The van der Waals surface area contributed by atoms with E-state index in [0.29, 0.717) is 16.1 Å². The lowest BCUT2D eigenvalue weighted by atomic mass is 10.1. The molecule has 0 aliphatic heterocycles. The van der Waals surface area contributed by atoms with Crippen LogP contribution in [-0.2, 0) is 4.74 Å². The third-order valence-corrected chi connectivity index (χ3v) is 3.98. The van der Waals surface area contributed by atoms with Crippen molar-refractivity contribution in [3.05, 3.63) is 55.5 Å². The van der Waals surface area contributed by atoms with E-state index in [4.69, 9.17) is 4.74 Å². The Morgan fingerprint density at radius 2 is 2.14 bits per heavy atom. The maximum atomic E-state index is 12.1. The average molecular weight is 306 g/mol. The van der Waals surface area contributed by atoms with Gasteiger partial charge in [0.25, 0.3) is 5.69 Å². The molecule has 0 saturated heterocycles. The van der Waals surface area contributed by atoms with Gasteiger partial charge in [0, 0.05) is 12.1 Å². The summed E-state index contributed by atoms with van der Waals surface area (Å²) in [5.41, 5.74) is 1.19. The number of ether oxygens (including phenoxy) is 1. The minimum Gasteiger partial charge on any atom is -0.454 e. The fourth-order valence-corrected chi connectivity index (χ4v) is 2.70. The quantitative estimate of drug-likeness (QED) is 0.490. The van der Waals surface area contributed by atoms with Crippen molar-refractivity contribution in [1.82, 2.24) is 4.98 Å². The fourth-order valence-electron chi connectivity index (χ4n) is 1.89. The second-order valence-electron chi connectivity index (χ2n) is 4.55. The van der Waals surface area contributed by atoms with Gasteiger partial charge in [-0.2, -0.15) is 0 Å². The SMILES string of the molecule is Cc1nc(C)c(C(=O)O[C@@H](C)c2cccc([N+](=O)[O-])c2)s1. The molecule has 2 aromatic rings. The number of non-ortho nitro benzene ring substituents is 1. The highest BCUT2D eigenvalue weighted by molar-refractivity contribution is 7.13. The van der Waals surface area contributed by atoms with Crippen LogP contribution in [0, 0.1) is 24.0 Å². The zero-order valence-corrected chi connectivity index (χ0v) is 12.6. The number of benzene rings is 1. The van der Waals surface area contributed by atoms with Crippen LogP contribution in [-0.4, -0.2) is 15.9 Å². The Labute approximate surface area is 125 Å². The third-order valence-electron chi connectivity index (χ3n) is 2.92. The molecule has 0 spiro atoms. The molecule has 0 amide bonds. The van der Waals surface area contributed by atoms with Gasteiger partial charge in [-0.15, -0.1) is 11.3 Å². The summed E-state index contributed by atoms with van der Waals surface area (Å²) in [4.78, 5) is 27.0. The van der Waals surface area contributed by atoms with Gasteiger partial charge < -0.3 is 4.74 Å². The molecule has 0 aliphatic rings. The van der Waals surface area contributed by atoms with Crippen molar-refractivity contribution in [2.24, 2.45) is 0 Å². The van der Waals surface area contributed by atoms with Crippen LogP contribution in [0.4, 0.5) is 5.69 Å². The summed E-state index contributed by atoms with van der Waals surface area (Å²) in [5, 5.41) is 11.6. The normalized spacial score (nSPS) is 12.0. The fraction of sp³-hybridized carbons (Fsp3) is 0.286. The Morgan fingerprint density at radius 1 is 1.43 bits per heavy atom. The summed E-state index contributed by atoms with van der Waals surface area (Å²) < 4.78 is 5.36. The summed E-state index contributed by atoms with van der Waals surface area (Å²) in [7, 11) is 0. The van der Waals surface area contributed by atoms with Gasteiger partial charge in [-0.25, -0.2) is 9.78 Å². The predicted octanol–water partition coefficient (Wildman–Crippen LogP) is 3.59. The molecule has 0 saturated carbocycles. The number of hydrogen-bond acceptors (Lipinski definition) is 6. The van der Waals surface area contributed by atoms with Gasteiger partial charge in [-0.1, -0.05) is 12.1 Å². The molecule has 7 heteroatoms. The molecule has 0 fully saturated rings. The Bertz CT molecular complexity index is 696. The van der Waals surface area contributed by atoms with Crippen molar-refractivity contribution in [2.75, 3.05) is 0 Å². The highest BCUT2D eigenvalue weighted by Crippen LogP contribution is 2.25. The number of carbonyl (C=O) groups excluding carboxylic acids is 1. The van der Waals surface area contributed by atoms with Gasteiger partial charge in [0.2, 0.25) is 0 Å². The van der Waals surface area contributed by atoms with Crippen molar-refractivity contribution < 1.29 is 14.5 Å². The maximum absolute atomic E-state index is 12.1. The summed E-state index contributed by atoms with van der Waals surface area (Å²) in [6.07, 6.45) is -0.570. The van der Waals surface area contributed by atoms with E-state index in [0.717, 1.165) is 5.01 Å². The first-order chi connectivity index (χ1) is 9.88. The molecule has 0 aliphatic carbocycles. The lowest BCUT2D eigenvalue weighted by Crippen LogP contribution is -2.09. The Kier molecular flexibility index (Phi) is 4.32. The Hall–Kier alpha value is -2.28. The minimum atomic E-state index is -0.570. The van der Waals surface area contributed by atoms with Crippen molar-refractivity contribution in [3.8, 4) is 0 Å². The van der Waals surface area contributed by atoms with Crippen LogP contribution in [0.2, 0.25) is 0 Å². The Balaban J connectivity index is 2.16. The molecular formula is C14H14N2O4S. The Morgan fingerprint density at radius 3 is 2.71 bits per heavy atom. The predicted molar refractivity (Wildman–Crippen MR) is 78.5 cm³/mol. The second-order valence-corrected chi connectivity index (χ2v) is 5.75. The van der Waals surface area contributed by atoms with Crippen LogP contribution in [0.15, 0.2) is 24.3 Å². The summed E-state index contributed by atoms with van der Waals surface area (Å²) in [5.74, 6) is -0.461. The third kappa shape index (κ3) is 3.43. The molecule has 1 aromatic heterocycles. The van der Waals surface area contributed by atoms with Gasteiger partial charge in [-0.05, 0) is 26.3 Å². The number of aryl methyl sites for hydroxylation is 2. The van der Waals surface area contributed by atoms with E-state index in [9.17, 15) is 14.9 Å². The van der Waals surface area contributed by atoms with E-state index >= 15 is 0 Å². The number of nitrogens with zero attached hydrogens (tertiary/aromatic N) is 2. The van der Waals surface area contributed by atoms with Crippen LogP contribution in [0.5, 0.6) is 0 Å². The maximum Gasteiger partial charge on any atom is 0.350 e. The molecule has 0 bridgehead atoms. The first kappa shape index (κ1) is 15.1. The van der Waals surface area contributed by atoms with E-state index in [1.54, 1.807) is 26.0 Å². The molecule has 0 radical (unpaired) electrons. The van der Waals surface area contributed by atoms with Gasteiger partial charge in [-0.3, -0.25) is 10.1 Å². The zero-order chi connectivity index (χ0) is 15.6. The van der Waals surface area contributed by atoms with Crippen LogP contribution >= 0.6 is 11.3 Å². The number of rotatable bonds is 4. The molecule has 1 heterocycles. The van der Waals surface area contributed by atoms with Crippen molar-refractivity contribution in [1.29, 1.82) is 0 Å². The average Bonchev–Trinajstić information content (AvgIpc) is 2.77. The molecule has 2 rings (SSSR count). The zero-order valence-electron chi connectivity index (χ0n) is 11.8. The van der Waals surface area contributed by atoms with Crippen molar-refractivity contribution in [3.63, 3.8) is 0 Å². The largest absolute Gasteiger partial charge is 0.454 e. The first-order valence-corrected chi connectivity index (χ1v) is 7.09. The molecular weight excluding hydrogens is 292 g/mol. The van der Waals surface area contributed by atoms with Crippen molar-refractivity contribution in [2.45, 2.75) is 26.9 Å². The standard InChI is InChI=1S/C14H14N2O4S/c1-8-13(21-10(3)15-8)14(17)20-9(2)11-5-4-6-12(7-11)16(18)19/h4-7,9H,1-3H3/t9-/m0/s1. The number of aromatic nitrogens is 1. The molecule has 0 unspecified atom stereocenters. The number of esters is 1. The van der Waals surface area contributed by atoms with Crippen LogP contribution in [0.1, 0.15) is 39.0 Å². The molecule has 110 valence electrons. The van der Waals surface area contributed by atoms with Gasteiger partial charge in [0.15, 0.2) is 0 Å². The first-order valence-electron chi connectivity index (χ1n) is 6.28. The van der Waals surface area contributed by atoms with E-state index in [1.165, 1.54) is 23.5 Å². The summed E-state index contributed by atoms with van der Waals surface area (Å²) in [6, 6.07) is 6.06. The van der Waals surface area contributed by atoms with Gasteiger partial charge >= 0.3 is 5.97 Å². The highest BCUT2D eigenvalue weighted by Gasteiger charge is 2.20. The molecule has 21 heavy (non-hydrogen) atoms. The molecule has 1 aromatic carbocycles. The second kappa shape index (κ2) is 6.01. The van der Waals surface area contributed by atoms with Crippen molar-refractivity contribution >= 4 is 23.0 Å². The lowest BCUT2D eigenvalue weighted by molar-refractivity contribution is -0.385. The number of carbonyl (C=O) groups is 1. The lowest BCUT2D eigenvalue weighted by Gasteiger charge is -2.12. The van der Waals surface area contributed by atoms with Gasteiger partial charge in [0.05, 0.1) is 15.6 Å². The smallest absolute Gasteiger partial charge is 0.350 e. The van der Waals surface area contributed by atoms with Crippen LogP contribution < -0.4 is 0 Å².